The van der Waals surface area contributed by atoms with Crippen LogP contribution in [0.25, 0.3) is 0 Å². The van der Waals surface area contributed by atoms with Crippen molar-refractivity contribution in [2.24, 2.45) is 17.6 Å². The normalized spacial score (nSPS) is 21.2. The summed E-state index contributed by atoms with van der Waals surface area (Å²) in [4.78, 5) is 12.5. The van der Waals surface area contributed by atoms with Gasteiger partial charge in [0.2, 0.25) is 5.91 Å². The Kier molecular flexibility index (Phi) is 6.69. The molecule has 1 aromatic rings. The number of amides is 1. The van der Waals surface area contributed by atoms with Gasteiger partial charge in [-0.15, -0.1) is 12.4 Å². The first kappa shape index (κ1) is 18.0. The van der Waals surface area contributed by atoms with Crippen LogP contribution >= 0.6 is 12.4 Å². The highest BCUT2D eigenvalue weighted by Gasteiger charge is 2.32. The predicted octanol–water partition coefficient (Wildman–Crippen LogP) is 3.85. The van der Waals surface area contributed by atoms with Crippen molar-refractivity contribution in [1.82, 2.24) is 0 Å². The van der Waals surface area contributed by atoms with Gasteiger partial charge in [-0.05, 0) is 49.3 Å². The quantitative estimate of drug-likeness (QED) is 0.887. The minimum absolute atomic E-state index is 0. The Hall–Kier alpha value is -1.06. The maximum absolute atomic E-state index is 12.5. The lowest BCUT2D eigenvalue weighted by molar-refractivity contribution is -0.120. The number of anilines is 1. The van der Waals surface area contributed by atoms with Crippen molar-refractivity contribution in [2.75, 3.05) is 11.9 Å². The summed E-state index contributed by atoms with van der Waals surface area (Å²) < 4.78 is 0. The monoisotopic (exact) mass is 310 g/mol. The molecule has 1 aliphatic carbocycles. The average molecular weight is 311 g/mol. The first-order valence-electron chi connectivity index (χ1n) is 7.65. The standard InChI is InChI=1S/C17H26N2O.ClH/c1-11(2)14-8-4-6-12(3)16(14)19-17(20)15-9-5-7-13(15)10-18;/h4,6,8,11,13,15H,5,7,9-10,18H2,1-3H3,(H,19,20);1H/t13-,15-;/m1./s1. The van der Waals surface area contributed by atoms with Crippen LogP contribution in [0.2, 0.25) is 0 Å². The number of nitrogens with two attached hydrogens (primary N) is 1. The fraction of sp³-hybridized carbons (Fsp3) is 0.588. The minimum Gasteiger partial charge on any atom is -0.330 e. The Morgan fingerprint density at radius 3 is 2.71 bits per heavy atom. The third-order valence-electron chi connectivity index (χ3n) is 4.47. The number of hydrogen-bond acceptors (Lipinski definition) is 2. The summed E-state index contributed by atoms with van der Waals surface area (Å²) in [6.07, 6.45) is 3.17. The number of carbonyl (C=O) groups is 1. The highest BCUT2D eigenvalue weighted by Crippen LogP contribution is 2.33. The van der Waals surface area contributed by atoms with Crippen molar-refractivity contribution in [3.05, 3.63) is 29.3 Å². The van der Waals surface area contributed by atoms with E-state index < -0.39 is 0 Å². The van der Waals surface area contributed by atoms with Crippen LogP contribution in [0.3, 0.4) is 0 Å². The molecule has 0 radical (unpaired) electrons. The third kappa shape index (κ3) is 3.98. The largest absolute Gasteiger partial charge is 0.330 e. The van der Waals surface area contributed by atoms with E-state index in [2.05, 4.69) is 44.3 Å². The summed E-state index contributed by atoms with van der Waals surface area (Å²) >= 11 is 0. The van der Waals surface area contributed by atoms with Gasteiger partial charge in [-0.2, -0.15) is 0 Å². The number of para-hydroxylation sites is 1. The summed E-state index contributed by atoms with van der Waals surface area (Å²) in [6, 6.07) is 6.21. The molecule has 3 N–H and O–H groups in total. The summed E-state index contributed by atoms with van der Waals surface area (Å²) in [6.45, 7) is 6.98. The smallest absolute Gasteiger partial charge is 0.227 e. The van der Waals surface area contributed by atoms with Crippen molar-refractivity contribution >= 4 is 24.0 Å². The molecule has 0 aromatic heterocycles. The molecule has 0 spiro atoms. The van der Waals surface area contributed by atoms with E-state index in [4.69, 9.17) is 5.73 Å². The zero-order valence-corrected chi connectivity index (χ0v) is 14.0. The molecule has 21 heavy (non-hydrogen) atoms. The molecule has 0 saturated heterocycles. The Balaban J connectivity index is 0.00000220. The second-order valence-electron chi connectivity index (χ2n) is 6.22. The maximum atomic E-state index is 12.5. The van der Waals surface area contributed by atoms with Crippen LogP contribution in [-0.4, -0.2) is 12.5 Å². The second-order valence-corrected chi connectivity index (χ2v) is 6.22. The molecule has 0 bridgehead atoms. The summed E-state index contributed by atoms with van der Waals surface area (Å²) in [5.41, 5.74) is 9.12. The molecule has 2 rings (SSSR count). The van der Waals surface area contributed by atoms with Gasteiger partial charge in [0.1, 0.15) is 0 Å². The second kappa shape index (κ2) is 7.81. The van der Waals surface area contributed by atoms with E-state index in [-0.39, 0.29) is 24.2 Å². The number of halogens is 1. The van der Waals surface area contributed by atoms with Gasteiger partial charge in [-0.1, -0.05) is 38.5 Å². The Morgan fingerprint density at radius 1 is 1.38 bits per heavy atom. The molecule has 3 nitrogen and oxygen atoms in total. The number of hydrogen-bond donors (Lipinski definition) is 2. The van der Waals surface area contributed by atoms with Gasteiger partial charge in [0.05, 0.1) is 0 Å². The fourth-order valence-electron chi connectivity index (χ4n) is 3.22. The molecule has 1 saturated carbocycles. The van der Waals surface area contributed by atoms with Crippen molar-refractivity contribution in [1.29, 1.82) is 0 Å². The van der Waals surface area contributed by atoms with Crippen molar-refractivity contribution in [3.63, 3.8) is 0 Å². The highest BCUT2D eigenvalue weighted by molar-refractivity contribution is 5.94. The lowest BCUT2D eigenvalue weighted by Crippen LogP contribution is -2.30. The first-order valence-corrected chi connectivity index (χ1v) is 7.65. The molecule has 1 amide bonds. The van der Waals surface area contributed by atoms with Crippen LogP contribution in [0.4, 0.5) is 5.69 Å². The fourth-order valence-corrected chi connectivity index (χ4v) is 3.22. The summed E-state index contributed by atoms with van der Waals surface area (Å²) in [7, 11) is 0. The Labute approximate surface area is 134 Å². The number of benzene rings is 1. The van der Waals surface area contributed by atoms with Gasteiger partial charge in [-0.25, -0.2) is 0 Å². The van der Waals surface area contributed by atoms with E-state index in [0.29, 0.717) is 18.4 Å². The van der Waals surface area contributed by atoms with E-state index in [0.717, 1.165) is 30.5 Å². The minimum atomic E-state index is 0. The molecule has 4 heteroatoms. The molecule has 0 aliphatic heterocycles. The zero-order valence-electron chi connectivity index (χ0n) is 13.2. The molecular formula is C17H27ClN2O. The van der Waals surface area contributed by atoms with Gasteiger partial charge >= 0.3 is 0 Å². The van der Waals surface area contributed by atoms with Crippen LogP contribution in [-0.2, 0) is 4.79 Å². The Bertz CT molecular complexity index is 488. The van der Waals surface area contributed by atoms with Crippen molar-refractivity contribution < 1.29 is 4.79 Å². The highest BCUT2D eigenvalue weighted by atomic mass is 35.5. The lowest BCUT2D eigenvalue weighted by atomic mass is 9.94. The Morgan fingerprint density at radius 2 is 2.10 bits per heavy atom. The van der Waals surface area contributed by atoms with E-state index in [1.807, 2.05) is 0 Å². The van der Waals surface area contributed by atoms with Gasteiger partial charge in [0, 0.05) is 11.6 Å². The third-order valence-corrected chi connectivity index (χ3v) is 4.47. The first-order chi connectivity index (χ1) is 9.54. The van der Waals surface area contributed by atoms with Crippen LogP contribution in [0.5, 0.6) is 0 Å². The van der Waals surface area contributed by atoms with Gasteiger partial charge in [-0.3, -0.25) is 4.79 Å². The molecule has 1 fully saturated rings. The van der Waals surface area contributed by atoms with Gasteiger partial charge < -0.3 is 11.1 Å². The van der Waals surface area contributed by atoms with Crippen LogP contribution < -0.4 is 11.1 Å². The number of carbonyl (C=O) groups excluding carboxylic acids is 1. The average Bonchev–Trinajstić information content (AvgIpc) is 2.89. The molecule has 118 valence electrons. The maximum Gasteiger partial charge on any atom is 0.227 e. The van der Waals surface area contributed by atoms with Gasteiger partial charge in [0.25, 0.3) is 0 Å². The van der Waals surface area contributed by atoms with Gasteiger partial charge in [0.15, 0.2) is 0 Å². The molecule has 1 aliphatic rings. The van der Waals surface area contributed by atoms with Crippen LogP contribution in [0.1, 0.15) is 50.2 Å². The zero-order chi connectivity index (χ0) is 14.7. The molecule has 1 aromatic carbocycles. The topological polar surface area (TPSA) is 55.1 Å². The van der Waals surface area contributed by atoms with Crippen LogP contribution in [0.15, 0.2) is 18.2 Å². The number of nitrogens with one attached hydrogen (secondary N) is 1. The number of aryl methyl sites for hydroxylation is 1. The van der Waals surface area contributed by atoms with Crippen LogP contribution in [0, 0.1) is 18.8 Å². The van der Waals surface area contributed by atoms with E-state index in [1.165, 1.54) is 5.56 Å². The SMILES string of the molecule is Cc1cccc(C(C)C)c1NC(=O)[C@@H]1CCC[C@@H]1CN.Cl. The predicted molar refractivity (Wildman–Crippen MR) is 91.0 cm³/mol. The summed E-state index contributed by atoms with van der Waals surface area (Å²) in [5, 5.41) is 3.17. The number of rotatable bonds is 4. The van der Waals surface area contributed by atoms with E-state index in [9.17, 15) is 4.79 Å². The van der Waals surface area contributed by atoms with E-state index >= 15 is 0 Å². The molecular weight excluding hydrogens is 284 g/mol. The lowest BCUT2D eigenvalue weighted by Gasteiger charge is -2.21. The summed E-state index contributed by atoms with van der Waals surface area (Å²) in [5.74, 6) is 0.981. The van der Waals surface area contributed by atoms with Crippen molar-refractivity contribution in [3.8, 4) is 0 Å². The molecule has 2 atom stereocenters. The molecule has 0 heterocycles. The molecule has 0 unspecified atom stereocenters. The van der Waals surface area contributed by atoms with E-state index in [1.54, 1.807) is 0 Å². The van der Waals surface area contributed by atoms with Crippen molar-refractivity contribution in [2.45, 2.75) is 46.0 Å².